The van der Waals surface area contributed by atoms with Gasteiger partial charge in [-0.15, -0.1) is 16.4 Å². The monoisotopic (exact) mass is 353 g/mol. The molecule has 25 heavy (non-hydrogen) atoms. The van der Waals surface area contributed by atoms with Crippen molar-refractivity contribution in [3.8, 4) is 10.4 Å². The van der Waals surface area contributed by atoms with Crippen molar-refractivity contribution in [1.82, 2.24) is 20.3 Å². The molecule has 0 spiro atoms. The van der Waals surface area contributed by atoms with E-state index in [-0.39, 0.29) is 5.91 Å². The van der Waals surface area contributed by atoms with Crippen LogP contribution in [0.15, 0.2) is 48.0 Å². The van der Waals surface area contributed by atoms with Crippen molar-refractivity contribution < 1.29 is 4.79 Å². The molecule has 0 unspecified atom stereocenters. The van der Waals surface area contributed by atoms with Crippen molar-refractivity contribution in [2.24, 2.45) is 0 Å². The molecule has 1 amide bonds. The number of thiophene rings is 1. The molecule has 4 rings (SSSR count). The van der Waals surface area contributed by atoms with Gasteiger partial charge in [0.25, 0.3) is 5.91 Å². The second kappa shape index (κ2) is 7.16. The number of carbonyl (C=O) groups is 1. The molecule has 0 radical (unpaired) electrons. The summed E-state index contributed by atoms with van der Waals surface area (Å²) in [6.07, 6.45) is 3.76. The van der Waals surface area contributed by atoms with Gasteiger partial charge in [0.15, 0.2) is 5.69 Å². The van der Waals surface area contributed by atoms with Gasteiger partial charge in [-0.2, -0.15) is 0 Å². The minimum absolute atomic E-state index is 0.233. The molecule has 3 heterocycles. The Labute approximate surface area is 149 Å². The summed E-state index contributed by atoms with van der Waals surface area (Å²) in [6.45, 7) is 1.95. The number of amides is 1. The summed E-state index contributed by atoms with van der Waals surface area (Å²) >= 11 is 1.68. The van der Waals surface area contributed by atoms with Crippen molar-refractivity contribution in [2.75, 3.05) is 18.4 Å². The first-order valence-electron chi connectivity index (χ1n) is 8.37. The van der Waals surface area contributed by atoms with Gasteiger partial charge in [-0.25, -0.2) is 4.68 Å². The molecule has 0 atom stereocenters. The van der Waals surface area contributed by atoms with Crippen LogP contribution in [0.3, 0.4) is 0 Å². The maximum absolute atomic E-state index is 12.5. The summed E-state index contributed by atoms with van der Waals surface area (Å²) in [5.74, 6) is -0.233. The molecule has 1 saturated heterocycles. The summed E-state index contributed by atoms with van der Waals surface area (Å²) in [6, 6.07) is 12.2. The summed E-state index contributed by atoms with van der Waals surface area (Å²) in [7, 11) is 0. The van der Waals surface area contributed by atoms with Gasteiger partial charge in [-0.3, -0.25) is 4.79 Å². The van der Waals surface area contributed by atoms with Crippen LogP contribution in [0.25, 0.3) is 10.4 Å². The molecule has 0 aliphatic carbocycles. The maximum Gasteiger partial charge on any atom is 0.277 e. The molecule has 1 aliphatic rings. The van der Waals surface area contributed by atoms with Gasteiger partial charge >= 0.3 is 0 Å². The van der Waals surface area contributed by atoms with Crippen LogP contribution in [-0.4, -0.2) is 34.0 Å². The molecule has 0 bridgehead atoms. The van der Waals surface area contributed by atoms with Crippen molar-refractivity contribution in [1.29, 1.82) is 0 Å². The predicted octanol–water partition coefficient (Wildman–Crippen LogP) is 3.18. The summed E-state index contributed by atoms with van der Waals surface area (Å²) in [5.41, 5.74) is 2.19. The molecule has 3 aromatic rings. The van der Waals surface area contributed by atoms with E-state index in [2.05, 4.69) is 27.0 Å². The molecule has 2 N–H and O–H groups in total. The molecule has 6 nitrogen and oxygen atoms in total. The van der Waals surface area contributed by atoms with Crippen LogP contribution in [0, 0.1) is 0 Å². The fourth-order valence-corrected chi connectivity index (χ4v) is 3.74. The number of nitrogens with one attached hydrogen (secondary N) is 2. The van der Waals surface area contributed by atoms with Crippen LogP contribution >= 0.6 is 11.3 Å². The Morgan fingerprint density at radius 2 is 2.12 bits per heavy atom. The van der Waals surface area contributed by atoms with Gasteiger partial charge in [-0.1, -0.05) is 23.4 Å². The Morgan fingerprint density at radius 1 is 1.24 bits per heavy atom. The lowest BCUT2D eigenvalue weighted by Crippen LogP contribution is -2.29. The summed E-state index contributed by atoms with van der Waals surface area (Å²) in [4.78, 5) is 13.6. The predicted molar refractivity (Wildman–Crippen MR) is 98.9 cm³/mol. The van der Waals surface area contributed by atoms with Crippen LogP contribution < -0.4 is 10.6 Å². The topological polar surface area (TPSA) is 71.8 Å². The fraction of sp³-hybridized carbons (Fsp3) is 0.278. The molecule has 1 aromatic carbocycles. The highest BCUT2D eigenvalue weighted by atomic mass is 32.1. The van der Waals surface area contributed by atoms with E-state index in [0.29, 0.717) is 11.7 Å². The van der Waals surface area contributed by atoms with Crippen LogP contribution in [0.5, 0.6) is 0 Å². The SMILES string of the molecule is O=C(Nc1cccc(-c2cccs2)c1)c1cn(C2CCNCC2)nn1. The number of benzene rings is 1. The van der Waals surface area contributed by atoms with Crippen molar-refractivity contribution in [3.05, 3.63) is 53.7 Å². The number of anilines is 1. The second-order valence-corrected chi connectivity index (χ2v) is 7.02. The third kappa shape index (κ3) is 3.62. The van der Waals surface area contributed by atoms with E-state index in [4.69, 9.17) is 0 Å². The van der Waals surface area contributed by atoms with Crippen LogP contribution in [0.4, 0.5) is 5.69 Å². The Morgan fingerprint density at radius 3 is 2.92 bits per heavy atom. The van der Waals surface area contributed by atoms with E-state index >= 15 is 0 Å². The van der Waals surface area contributed by atoms with E-state index in [9.17, 15) is 4.79 Å². The molecule has 1 fully saturated rings. The summed E-state index contributed by atoms with van der Waals surface area (Å²) in [5, 5.41) is 16.5. The third-order valence-corrected chi connectivity index (χ3v) is 5.27. The number of nitrogens with zero attached hydrogens (tertiary/aromatic N) is 3. The number of hydrogen-bond acceptors (Lipinski definition) is 5. The molecular weight excluding hydrogens is 334 g/mol. The van der Waals surface area contributed by atoms with Crippen molar-refractivity contribution in [3.63, 3.8) is 0 Å². The highest BCUT2D eigenvalue weighted by Crippen LogP contribution is 2.27. The van der Waals surface area contributed by atoms with Crippen LogP contribution in [0.2, 0.25) is 0 Å². The number of aromatic nitrogens is 3. The number of piperidine rings is 1. The minimum Gasteiger partial charge on any atom is -0.321 e. The van der Waals surface area contributed by atoms with Gasteiger partial charge in [0.1, 0.15) is 0 Å². The van der Waals surface area contributed by atoms with Crippen molar-refractivity contribution >= 4 is 22.9 Å². The Hall–Kier alpha value is -2.51. The van der Waals surface area contributed by atoms with E-state index in [0.717, 1.165) is 37.2 Å². The van der Waals surface area contributed by atoms with Gasteiger partial charge < -0.3 is 10.6 Å². The highest BCUT2D eigenvalue weighted by molar-refractivity contribution is 7.13. The average molecular weight is 353 g/mol. The zero-order chi connectivity index (χ0) is 17.1. The first kappa shape index (κ1) is 16.0. The van der Waals surface area contributed by atoms with Gasteiger partial charge in [-0.05, 0) is 55.1 Å². The zero-order valence-electron chi connectivity index (χ0n) is 13.7. The van der Waals surface area contributed by atoms with E-state index < -0.39 is 0 Å². The minimum atomic E-state index is -0.233. The second-order valence-electron chi connectivity index (χ2n) is 6.08. The van der Waals surface area contributed by atoms with Crippen LogP contribution in [-0.2, 0) is 0 Å². The normalized spacial score (nSPS) is 15.2. The molecule has 128 valence electrons. The number of rotatable bonds is 4. The first-order valence-corrected chi connectivity index (χ1v) is 9.25. The zero-order valence-corrected chi connectivity index (χ0v) is 14.5. The molecule has 0 saturated carbocycles. The Balaban J connectivity index is 1.47. The van der Waals surface area contributed by atoms with Crippen LogP contribution in [0.1, 0.15) is 29.4 Å². The smallest absolute Gasteiger partial charge is 0.277 e. The largest absolute Gasteiger partial charge is 0.321 e. The van der Waals surface area contributed by atoms with E-state index in [1.54, 1.807) is 17.5 Å². The lowest BCUT2D eigenvalue weighted by molar-refractivity contribution is 0.102. The molecule has 1 aliphatic heterocycles. The molecular formula is C18H19N5OS. The Kier molecular flexibility index (Phi) is 4.58. The third-order valence-electron chi connectivity index (χ3n) is 4.35. The van der Waals surface area contributed by atoms with Gasteiger partial charge in [0.05, 0.1) is 12.2 Å². The van der Waals surface area contributed by atoms with Crippen molar-refractivity contribution in [2.45, 2.75) is 18.9 Å². The number of hydrogen-bond donors (Lipinski definition) is 2. The first-order chi connectivity index (χ1) is 12.3. The molecule has 2 aromatic heterocycles. The molecule has 7 heteroatoms. The average Bonchev–Trinajstić information content (AvgIpc) is 3.35. The van der Waals surface area contributed by atoms with Gasteiger partial charge in [0, 0.05) is 10.6 Å². The van der Waals surface area contributed by atoms with Gasteiger partial charge in [0.2, 0.25) is 0 Å². The maximum atomic E-state index is 12.5. The van der Waals surface area contributed by atoms with E-state index in [1.807, 2.05) is 40.4 Å². The lowest BCUT2D eigenvalue weighted by atomic mass is 10.1. The highest BCUT2D eigenvalue weighted by Gasteiger charge is 2.18. The lowest BCUT2D eigenvalue weighted by Gasteiger charge is -2.22. The number of carbonyl (C=O) groups excluding carboxylic acids is 1. The Bertz CT molecular complexity index is 852. The standard InChI is InChI=1S/C18H19N5OS/c24-18(16-12-23(22-21-16)15-6-8-19-9-7-15)20-14-4-1-3-13(11-14)17-5-2-10-25-17/h1-5,10-12,15,19H,6-9H2,(H,20,24). The summed E-state index contributed by atoms with van der Waals surface area (Å²) < 4.78 is 1.82. The quantitative estimate of drug-likeness (QED) is 0.756. The fourth-order valence-electron chi connectivity index (χ4n) is 3.02. The van der Waals surface area contributed by atoms with E-state index in [1.165, 1.54) is 4.88 Å².